The number of quaternary nitrogens is 1. The summed E-state index contributed by atoms with van der Waals surface area (Å²) in [5.74, 6) is -2.47. The highest BCUT2D eigenvalue weighted by Crippen LogP contribution is 2.49. The molecule has 0 saturated carbocycles. The maximum Gasteiger partial charge on any atom is 0.359 e. The number of carbonyl (C=O) groups excluding carboxylic acids is 2. The molecule has 1 fully saturated rings. The molecule has 0 unspecified atom stereocenters. The fourth-order valence-corrected chi connectivity index (χ4v) is 5.03. The highest BCUT2D eigenvalue weighted by molar-refractivity contribution is 6.06. The molecule has 4 atom stereocenters. The van der Waals surface area contributed by atoms with E-state index >= 15 is 0 Å². The normalized spacial score (nSPS) is 25.1. The van der Waals surface area contributed by atoms with Crippen LogP contribution < -0.4 is 0 Å². The second-order valence-electron chi connectivity index (χ2n) is 9.35. The zero-order chi connectivity index (χ0) is 22.9. The van der Waals surface area contributed by atoms with Crippen molar-refractivity contribution in [2.75, 3.05) is 33.7 Å². The van der Waals surface area contributed by atoms with Crippen LogP contribution in [0.25, 0.3) is 0 Å². The van der Waals surface area contributed by atoms with E-state index in [1.807, 2.05) is 60.7 Å². The summed E-state index contributed by atoms with van der Waals surface area (Å²) in [6.07, 6.45) is 4.15. The molecule has 6 nitrogen and oxygen atoms in total. The lowest BCUT2D eigenvalue weighted by atomic mass is 9.68. The number of carbonyl (C=O) groups is 3. The van der Waals surface area contributed by atoms with E-state index in [-0.39, 0.29) is 41.2 Å². The maximum atomic E-state index is 13.6. The Balaban J connectivity index is 1.67. The molecule has 2 aliphatic rings. The summed E-state index contributed by atoms with van der Waals surface area (Å²) in [4.78, 5) is 39.7. The number of carboxylic acid groups (broad SMARTS) is 1. The molecular formula is C26H29N2O4+. The largest absolute Gasteiger partial charge is 0.477 e. The number of imide groups is 1. The summed E-state index contributed by atoms with van der Waals surface area (Å²) in [5, 5.41) is 9.16. The summed E-state index contributed by atoms with van der Waals surface area (Å²) in [5.41, 5.74) is 2.05. The first-order valence-corrected chi connectivity index (χ1v) is 11.0. The van der Waals surface area contributed by atoms with Gasteiger partial charge in [-0.3, -0.25) is 14.5 Å². The van der Waals surface area contributed by atoms with Crippen molar-refractivity contribution in [2.45, 2.75) is 11.8 Å². The average molecular weight is 434 g/mol. The summed E-state index contributed by atoms with van der Waals surface area (Å²) < 4.78 is 0.199. The van der Waals surface area contributed by atoms with Gasteiger partial charge in [-0.25, -0.2) is 4.79 Å². The third kappa shape index (κ3) is 4.23. The van der Waals surface area contributed by atoms with E-state index in [1.165, 1.54) is 4.90 Å². The molecule has 6 heteroatoms. The average Bonchev–Trinajstić information content (AvgIpc) is 3.02. The molecular weight excluding hydrogens is 404 g/mol. The standard InChI is InChI=1S/C26H28N2O4/c1-28(2,17-22(29)30)16-15-27-25(31)23-20(18-9-5-3-6-10-18)13-14-21(24(23)26(27)32)19-11-7-4-8-12-19/h3-14,20-21,23-24H,15-17H2,1-2H3/p+1/t20-,21+,23+,24-. The summed E-state index contributed by atoms with van der Waals surface area (Å²) in [7, 11) is 3.60. The topological polar surface area (TPSA) is 74.7 Å². The number of likely N-dealkylation sites (tertiary alicyclic amines) is 1. The number of allylic oxidation sites excluding steroid dienone is 2. The molecule has 0 radical (unpaired) electrons. The number of nitrogens with zero attached hydrogens (tertiary/aromatic N) is 2. The van der Waals surface area contributed by atoms with Crippen molar-refractivity contribution in [3.63, 3.8) is 0 Å². The summed E-state index contributed by atoms with van der Waals surface area (Å²) >= 11 is 0. The van der Waals surface area contributed by atoms with Crippen molar-refractivity contribution in [2.24, 2.45) is 11.8 Å². The minimum Gasteiger partial charge on any atom is -0.477 e. The Hall–Kier alpha value is -3.25. The molecule has 1 heterocycles. The van der Waals surface area contributed by atoms with Gasteiger partial charge in [0.1, 0.15) is 0 Å². The highest BCUT2D eigenvalue weighted by atomic mass is 16.4. The molecule has 0 spiro atoms. The van der Waals surface area contributed by atoms with Crippen molar-refractivity contribution >= 4 is 17.8 Å². The van der Waals surface area contributed by atoms with Crippen LogP contribution in [0.1, 0.15) is 23.0 Å². The molecule has 1 N–H and O–H groups in total. The van der Waals surface area contributed by atoms with E-state index in [0.717, 1.165) is 11.1 Å². The fraction of sp³-hybridized carbons (Fsp3) is 0.346. The molecule has 2 aromatic rings. The van der Waals surface area contributed by atoms with Gasteiger partial charge < -0.3 is 9.59 Å². The lowest BCUT2D eigenvalue weighted by Crippen LogP contribution is -2.49. The van der Waals surface area contributed by atoms with Crippen molar-refractivity contribution in [3.05, 3.63) is 83.9 Å². The zero-order valence-corrected chi connectivity index (χ0v) is 18.4. The van der Waals surface area contributed by atoms with Gasteiger partial charge in [-0.15, -0.1) is 0 Å². The van der Waals surface area contributed by atoms with Gasteiger partial charge in [0.2, 0.25) is 11.8 Å². The third-order valence-corrected chi connectivity index (χ3v) is 6.65. The van der Waals surface area contributed by atoms with Gasteiger partial charge in [0.05, 0.1) is 39.0 Å². The number of hydrogen-bond donors (Lipinski definition) is 1. The molecule has 2 aromatic carbocycles. The first kappa shape index (κ1) is 22.0. The SMILES string of the molecule is C[N+](C)(CCN1C(=O)[C@@H]2[C@H](C1=O)[C@H](c1ccccc1)C=C[C@@H]2c1ccccc1)CC(=O)O. The predicted octanol–water partition coefficient (Wildman–Crippen LogP) is 2.89. The van der Waals surface area contributed by atoms with E-state index in [0.29, 0.717) is 6.54 Å². The molecule has 2 amide bonds. The van der Waals surface area contributed by atoms with Crippen LogP contribution in [0.2, 0.25) is 0 Å². The van der Waals surface area contributed by atoms with Crippen molar-refractivity contribution in [1.82, 2.24) is 4.90 Å². The Morgan fingerprint density at radius 1 is 0.844 bits per heavy atom. The molecule has 166 valence electrons. The second-order valence-corrected chi connectivity index (χ2v) is 9.35. The fourth-order valence-electron chi connectivity index (χ4n) is 5.03. The zero-order valence-electron chi connectivity index (χ0n) is 18.4. The van der Waals surface area contributed by atoms with Gasteiger partial charge in [0.25, 0.3) is 0 Å². The van der Waals surface area contributed by atoms with Gasteiger partial charge in [-0.1, -0.05) is 72.8 Å². The number of amides is 2. The van der Waals surface area contributed by atoms with Crippen molar-refractivity contribution in [1.29, 1.82) is 0 Å². The van der Waals surface area contributed by atoms with E-state index < -0.39 is 17.8 Å². The summed E-state index contributed by atoms with van der Waals surface area (Å²) in [6, 6.07) is 19.7. The molecule has 0 bridgehead atoms. The Morgan fingerprint density at radius 3 is 1.69 bits per heavy atom. The Bertz CT molecular complexity index is 965. The number of likely N-dealkylation sites (N-methyl/N-ethyl adjacent to an activating group) is 1. The van der Waals surface area contributed by atoms with Crippen LogP contribution in [0, 0.1) is 11.8 Å². The van der Waals surface area contributed by atoms with Gasteiger partial charge >= 0.3 is 5.97 Å². The molecule has 4 rings (SSSR count). The van der Waals surface area contributed by atoms with Crippen molar-refractivity contribution in [3.8, 4) is 0 Å². The molecule has 1 aliphatic heterocycles. The van der Waals surface area contributed by atoms with Crippen LogP contribution in [0.4, 0.5) is 0 Å². The Labute approximate surface area is 188 Å². The number of rotatable bonds is 7. The van der Waals surface area contributed by atoms with Crippen LogP contribution in [0.15, 0.2) is 72.8 Å². The van der Waals surface area contributed by atoms with E-state index in [1.54, 1.807) is 14.1 Å². The quantitative estimate of drug-likeness (QED) is 0.414. The van der Waals surface area contributed by atoms with Gasteiger partial charge in [0.15, 0.2) is 6.54 Å². The predicted molar refractivity (Wildman–Crippen MR) is 121 cm³/mol. The number of fused-ring (bicyclic) bond motifs is 1. The minimum absolute atomic E-state index is 0.0656. The van der Waals surface area contributed by atoms with E-state index in [2.05, 4.69) is 12.2 Å². The number of benzene rings is 2. The lowest BCUT2D eigenvalue weighted by molar-refractivity contribution is -0.882. The lowest BCUT2D eigenvalue weighted by Gasteiger charge is -2.32. The third-order valence-electron chi connectivity index (χ3n) is 6.65. The molecule has 1 aliphatic carbocycles. The van der Waals surface area contributed by atoms with Crippen LogP contribution in [-0.4, -0.2) is 66.0 Å². The first-order chi connectivity index (χ1) is 15.3. The van der Waals surface area contributed by atoms with Crippen LogP contribution >= 0.6 is 0 Å². The Morgan fingerprint density at radius 2 is 1.28 bits per heavy atom. The van der Waals surface area contributed by atoms with E-state index in [4.69, 9.17) is 5.11 Å². The van der Waals surface area contributed by atoms with Crippen LogP contribution in [0.5, 0.6) is 0 Å². The van der Waals surface area contributed by atoms with Crippen LogP contribution in [-0.2, 0) is 14.4 Å². The molecule has 32 heavy (non-hydrogen) atoms. The second kappa shape index (κ2) is 8.71. The molecule has 1 saturated heterocycles. The maximum absolute atomic E-state index is 13.6. The monoisotopic (exact) mass is 433 g/mol. The van der Waals surface area contributed by atoms with Gasteiger partial charge in [-0.05, 0) is 11.1 Å². The van der Waals surface area contributed by atoms with E-state index in [9.17, 15) is 14.4 Å². The van der Waals surface area contributed by atoms with Gasteiger partial charge in [0, 0.05) is 11.8 Å². The smallest absolute Gasteiger partial charge is 0.359 e. The summed E-state index contributed by atoms with van der Waals surface area (Å²) in [6.45, 7) is 0.542. The van der Waals surface area contributed by atoms with Gasteiger partial charge in [-0.2, -0.15) is 0 Å². The minimum atomic E-state index is -0.903. The molecule has 0 aromatic heterocycles. The van der Waals surface area contributed by atoms with Crippen LogP contribution in [0.3, 0.4) is 0 Å². The van der Waals surface area contributed by atoms with Crippen molar-refractivity contribution < 1.29 is 24.0 Å². The number of hydrogen-bond acceptors (Lipinski definition) is 3. The first-order valence-electron chi connectivity index (χ1n) is 11.0. The number of aliphatic carboxylic acids is 1. The highest BCUT2D eigenvalue weighted by Gasteiger charge is 2.55. The Kier molecular flexibility index (Phi) is 5.98. The number of carboxylic acids is 1.